The fourth-order valence-electron chi connectivity index (χ4n) is 3.38. The molecule has 140 valence electrons. The topological polar surface area (TPSA) is 55.7 Å². The third kappa shape index (κ3) is 3.49. The van der Waals surface area contributed by atoms with E-state index in [9.17, 15) is 4.79 Å². The Balaban J connectivity index is 2.09. The van der Waals surface area contributed by atoms with Crippen LogP contribution in [0.1, 0.15) is 38.1 Å². The number of amides is 2. The molecule has 0 radical (unpaired) electrons. The predicted octanol–water partition coefficient (Wildman–Crippen LogP) is 3.42. The van der Waals surface area contributed by atoms with Gasteiger partial charge in [0.1, 0.15) is 17.5 Å². The van der Waals surface area contributed by atoms with Crippen LogP contribution in [0.4, 0.5) is 4.79 Å². The molecule has 1 unspecified atom stereocenters. The van der Waals surface area contributed by atoms with E-state index >= 15 is 0 Å². The second-order valence-corrected chi connectivity index (χ2v) is 7.51. The van der Waals surface area contributed by atoms with Crippen molar-refractivity contribution >= 4 is 6.03 Å². The van der Waals surface area contributed by atoms with Gasteiger partial charge in [-0.3, -0.25) is 0 Å². The molecule has 0 spiro atoms. The van der Waals surface area contributed by atoms with Gasteiger partial charge >= 0.3 is 6.03 Å². The normalized spacial score (nSPS) is 16.8. The Bertz CT molecular complexity index is 792. The van der Waals surface area contributed by atoms with Crippen molar-refractivity contribution in [3.8, 4) is 11.5 Å². The molecule has 6 nitrogen and oxygen atoms in total. The summed E-state index contributed by atoms with van der Waals surface area (Å²) >= 11 is 0. The summed E-state index contributed by atoms with van der Waals surface area (Å²) in [5.74, 6) is 1.47. The first-order valence-electron chi connectivity index (χ1n) is 8.80. The van der Waals surface area contributed by atoms with E-state index in [1.165, 1.54) is 0 Å². The summed E-state index contributed by atoms with van der Waals surface area (Å²) < 4.78 is 13.2. The van der Waals surface area contributed by atoms with Crippen LogP contribution in [0, 0.1) is 0 Å². The molecule has 1 aliphatic heterocycles. The highest BCUT2D eigenvalue weighted by molar-refractivity contribution is 5.76. The van der Waals surface area contributed by atoms with Crippen molar-refractivity contribution in [2.45, 2.75) is 38.9 Å². The lowest BCUT2D eigenvalue weighted by Crippen LogP contribution is -2.52. The molecule has 1 atom stereocenters. The number of hydrogen-bond donors (Lipinski definition) is 1. The van der Waals surface area contributed by atoms with Crippen molar-refractivity contribution in [3.05, 3.63) is 47.8 Å². The summed E-state index contributed by atoms with van der Waals surface area (Å²) in [6, 6.07) is 9.44. The van der Waals surface area contributed by atoms with Crippen molar-refractivity contribution in [2.75, 3.05) is 20.8 Å². The molecular formula is C20H27N3O3. The first-order valence-corrected chi connectivity index (χ1v) is 8.80. The highest BCUT2D eigenvalue weighted by Crippen LogP contribution is 2.39. The number of carbonyl (C=O) groups excluding carboxylic acids is 1. The summed E-state index contributed by atoms with van der Waals surface area (Å²) in [5.41, 5.74) is 1.67. The molecule has 6 heteroatoms. The van der Waals surface area contributed by atoms with E-state index in [2.05, 4.69) is 16.0 Å². The molecule has 1 aromatic carbocycles. The zero-order chi connectivity index (χ0) is 18.9. The molecule has 2 aromatic rings. The molecule has 26 heavy (non-hydrogen) atoms. The van der Waals surface area contributed by atoms with Crippen LogP contribution in [-0.2, 0) is 6.54 Å². The molecular weight excluding hydrogens is 330 g/mol. The van der Waals surface area contributed by atoms with Crippen LogP contribution in [-0.4, -0.2) is 41.8 Å². The minimum absolute atomic E-state index is 0.0835. The monoisotopic (exact) mass is 357 g/mol. The second kappa shape index (κ2) is 6.94. The van der Waals surface area contributed by atoms with Gasteiger partial charge in [0, 0.05) is 36.1 Å². The third-order valence-corrected chi connectivity index (χ3v) is 4.51. The zero-order valence-corrected chi connectivity index (χ0v) is 16.1. The highest BCUT2D eigenvalue weighted by atomic mass is 16.5. The number of fused-ring (bicyclic) bond motifs is 1. The van der Waals surface area contributed by atoms with Gasteiger partial charge in [-0.05, 0) is 51.1 Å². The third-order valence-electron chi connectivity index (χ3n) is 4.51. The summed E-state index contributed by atoms with van der Waals surface area (Å²) in [6.07, 6.45) is 2.05. The fourth-order valence-corrected chi connectivity index (χ4v) is 3.38. The van der Waals surface area contributed by atoms with Gasteiger partial charge in [0.25, 0.3) is 0 Å². The van der Waals surface area contributed by atoms with Gasteiger partial charge in [0.2, 0.25) is 0 Å². The molecule has 0 aliphatic carbocycles. The largest absolute Gasteiger partial charge is 0.497 e. The van der Waals surface area contributed by atoms with Gasteiger partial charge in [0.05, 0.1) is 14.2 Å². The Morgan fingerprint density at radius 2 is 1.92 bits per heavy atom. The van der Waals surface area contributed by atoms with E-state index in [-0.39, 0.29) is 17.6 Å². The van der Waals surface area contributed by atoms with Crippen molar-refractivity contribution in [1.29, 1.82) is 0 Å². The van der Waals surface area contributed by atoms with E-state index in [1.54, 1.807) is 14.2 Å². The van der Waals surface area contributed by atoms with E-state index < -0.39 is 0 Å². The van der Waals surface area contributed by atoms with Crippen LogP contribution >= 0.6 is 0 Å². The van der Waals surface area contributed by atoms with Crippen LogP contribution < -0.4 is 14.8 Å². The lowest BCUT2D eigenvalue weighted by atomic mass is 9.98. The molecule has 1 aromatic heterocycles. The van der Waals surface area contributed by atoms with Crippen molar-refractivity contribution < 1.29 is 14.3 Å². The lowest BCUT2D eigenvalue weighted by Gasteiger charge is -2.39. The molecule has 1 aliphatic rings. The molecule has 1 N–H and O–H groups in total. The Morgan fingerprint density at radius 1 is 1.15 bits per heavy atom. The first kappa shape index (κ1) is 18.2. The smallest absolute Gasteiger partial charge is 0.318 e. The Kier molecular flexibility index (Phi) is 4.85. The number of nitrogens with zero attached hydrogens (tertiary/aromatic N) is 2. The van der Waals surface area contributed by atoms with Crippen LogP contribution in [0.5, 0.6) is 11.5 Å². The van der Waals surface area contributed by atoms with Crippen molar-refractivity contribution in [1.82, 2.24) is 14.8 Å². The van der Waals surface area contributed by atoms with E-state index in [1.807, 2.05) is 56.1 Å². The molecule has 0 saturated heterocycles. The summed E-state index contributed by atoms with van der Waals surface area (Å²) in [6.45, 7) is 7.34. The predicted molar refractivity (Wildman–Crippen MR) is 101 cm³/mol. The van der Waals surface area contributed by atoms with Gasteiger partial charge < -0.3 is 24.3 Å². The Labute approximate surface area is 154 Å². The maximum absolute atomic E-state index is 13.0. The quantitative estimate of drug-likeness (QED) is 0.916. The number of benzene rings is 1. The molecule has 0 bridgehead atoms. The maximum atomic E-state index is 13.0. The highest BCUT2D eigenvalue weighted by Gasteiger charge is 2.35. The Hall–Kier alpha value is -2.63. The van der Waals surface area contributed by atoms with E-state index in [0.717, 1.165) is 29.3 Å². The molecule has 0 saturated carbocycles. The molecule has 0 fully saturated rings. The van der Waals surface area contributed by atoms with E-state index in [4.69, 9.17) is 9.47 Å². The number of ether oxygens (including phenoxy) is 2. The van der Waals surface area contributed by atoms with Crippen LogP contribution in [0.2, 0.25) is 0 Å². The minimum atomic E-state index is -0.306. The number of urea groups is 1. The molecule has 2 heterocycles. The number of rotatable bonds is 3. The van der Waals surface area contributed by atoms with Crippen molar-refractivity contribution in [3.63, 3.8) is 0 Å². The van der Waals surface area contributed by atoms with Gasteiger partial charge in [-0.25, -0.2) is 4.79 Å². The summed E-state index contributed by atoms with van der Waals surface area (Å²) in [7, 11) is 3.28. The van der Waals surface area contributed by atoms with Crippen molar-refractivity contribution in [2.24, 2.45) is 0 Å². The van der Waals surface area contributed by atoms with Crippen LogP contribution in [0.15, 0.2) is 36.5 Å². The number of methoxy groups -OCH3 is 2. The number of aromatic nitrogens is 1. The summed E-state index contributed by atoms with van der Waals surface area (Å²) in [5, 5.41) is 3.08. The number of carbonyl (C=O) groups is 1. The fraction of sp³-hybridized carbons (Fsp3) is 0.450. The van der Waals surface area contributed by atoms with Crippen LogP contribution in [0.25, 0.3) is 0 Å². The average Bonchev–Trinajstić information content (AvgIpc) is 3.07. The van der Waals surface area contributed by atoms with Crippen LogP contribution in [0.3, 0.4) is 0 Å². The first-order chi connectivity index (χ1) is 12.3. The second-order valence-electron chi connectivity index (χ2n) is 7.51. The number of nitrogens with one attached hydrogen (secondary N) is 1. The van der Waals surface area contributed by atoms with Gasteiger partial charge in [-0.1, -0.05) is 0 Å². The van der Waals surface area contributed by atoms with E-state index in [0.29, 0.717) is 6.54 Å². The number of hydrogen-bond acceptors (Lipinski definition) is 3. The van der Waals surface area contributed by atoms with Gasteiger partial charge in [-0.15, -0.1) is 0 Å². The maximum Gasteiger partial charge on any atom is 0.318 e. The van der Waals surface area contributed by atoms with Gasteiger partial charge in [0.15, 0.2) is 0 Å². The Morgan fingerprint density at radius 3 is 2.58 bits per heavy atom. The lowest BCUT2D eigenvalue weighted by molar-refractivity contribution is 0.159. The minimum Gasteiger partial charge on any atom is -0.497 e. The SMILES string of the molecule is COc1ccc(OC)c(C2c3cccn3CCN2C(=O)NC(C)(C)C)c1. The molecule has 2 amide bonds. The average molecular weight is 357 g/mol. The van der Waals surface area contributed by atoms with Gasteiger partial charge in [-0.2, -0.15) is 0 Å². The zero-order valence-electron chi connectivity index (χ0n) is 16.1. The molecule has 3 rings (SSSR count). The standard InChI is InChI=1S/C20H27N3O3/c1-20(2,3)21-19(24)23-12-11-22-10-6-7-16(22)18(23)15-13-14(25-4)8-9-17(15)26-5/h6-10,13,18H,11-12H2,1-5H3,(H,21,24). The summed E-state index contributed by atoms with van der Waals surface area (Å²) in [4.78, 5) is 14.9.